The fourth-order valence-corrected chi connectivity index (χ4v) is 4.12. The van der Waals surface area contributed by atoms with Crippen LogP contribution in [-0.2, 0) is 6.42 Å². The topological polar surface area (TPSA) is 97.6 Å². The van der Waals surface area contributed by atoms with E-state index in [-0.39, 0.29) is 11.6 Å². The molecule has 4 aromatic rings. The lowest BCUT2D eigenvalue weighted by molar-refractivity contribution is 0.252. The van der Waals surface area contributed by atoms with Crippen LogP contribution in [0, 0.1) is 0 Å². The van der Waals surface area contributed by atoms with Gasteiger partial charge in [-0.2, -0.15) is 0 Å². The van der Waals surface area contributed by atoms with Crippen molar-refractivity contribution in [2.75, 3.05) is 22.3 Å². The van der Waals surface area contributed by atoms with Crippen LogP contribution in [0.25, 0.3) is 21.9 Å². The number of carbonyl (C=O) groups is 1. The SMILES string of the molecule is NN(C(=O)N1CCc2ccccc21)c1ccc(-c2cn(N)c(=O)c3ccccc23)cc1. The zero-order valence-corrected chi connectivity index (χ0v) is 16.7. The highest BCUT2D eigenvalue weighted by Crippen LogP contribution is 2.30. The molecule has 1 aromatic heterocycles. The second-order valence-electron chi connectivity index (χ2n) is 7.53. The van der Waals surface area contributed by atoms with Gasteiger partial charge in [-0.05, 0) is 47.2 Å². The Morgan fingerprint density at radius 1 is 0.903 bits per heavy atom. The summed E-state index contributed by atoms with van der Waals surface area (Å²) in [5.74, 6) is 12.1. The largest absolute Gasteiger partial charge is 0.343 e. The van der Waals surface area contributed by atoms with Crippen LogP contribution in [-0.4, -0.2) is 17.3 Å². The Morgan fingerprint density at radius 2 is 1.58 bits per heavy atom. The highest BCUT2D eigenvalue weighted by molar-refractivity contribution is 6.04. The molecule has 0 atom stereocenters. The number of pyridine rings is 1. The molecule has 3 aromatic carbocycles. The number of hydrogen-bond acceptors (Lipinski definition) is 4. The molecule has 0 saturated carbocycles. The van der Waals surface area contributed by atoms with Gasteiger partial charge in [0.25, 0.3) is 5.56 Å². The Labute approximate surface area is 178 Å². The van der Waals surface area contributed by atoms with Gasteiger partial charge in [-0.15, -0.1) is 0 Å². The van der Waals surface area contributed by atoms with Gasteiger partial charge in [0.05, 0.1) is 5.69 Å². The van der Waals surface area contributed by atoms with Crippen LogP contribution in [0.2, 0.25) is 0 Å². The van der Waals surface area contributed by atoms with Crippen molar-refractivity contribution < 1.29 is 4.79 Å². The zero-order valence-electron chi connectivity index (χ0n) is 16.7. The minimum Gasteiger partial charge on any atom is -0.336 e. The Hall–Kier alpha value is -4.10. The van der Waals surface area contributed by atoms with Gasteiger partial charge in [0.15, 0.2) is 0 Å². The third kappa shape index (κ3) is 3.12. The monoisotopic (exact) mass is 411 g/mol. The maximum atomic E-state index is 13.0. The van der Waals surface area contributed by atoms with Gasteiger partial charge in [-0.1, -0.05) is 48.5 Å². The Balaban J connectivity index is 1.46. The number of nitrogen functional groups attached to an aromatic ring is 1. The number of urea groups is 1. The summed E-state index contributed by atoms with van der Waals surface area (Å²) in [5.41, 5.74) is 4.06. The van der Waals surface area contributed by atoms with Crippen LogP contribution in [0.15, 0.2) is 83.8 Å². The lowest BCUT2D eigenvalue weighted by Gasteiger charge is -2.24. The van der Waals surface area contributed by atoms with Crippen LogP contribution in [0.1, 0.15) is 5.56 Å². The van der Waals surface area contributed by atoms with Crippen LogP contribution in [0.5, 0.6) is 0 Å². The predicted octanol–water partition coefficient (Wildman–Crippen LogP) is 3.25. The highest BCUT2D eigenvalue weighted by atomic mass is 16.2. The van der Waals surface area contributed by atoms with E-state index in [1.807, 2.05) is 54.6 Å². The Kier molecular flexibility index (Phi) is 4.45. The van der Waals surface area contributed by atoms with Crippen molar-refractivity contribution in [3.05, 3.63) is 94.9 Å². The van der Waals surface area contributed by atoms with Gasteiger partial charge in [0.2, 0.25) is 0 Å². The molecule has 0 fully saturated rings. The van der Waals surface area contributed by atoms with E-state index >= 15 is 0 Å². The number of fused-ring (bicyclic) bond motifs is 2. The van der Waals surface area contributed by atoms with E-state index in [2.05, 4.69) is 0 Å². The summed E-state index contributed by atoms with van der Waals surface area (Å²) in [4.78, 5) is 27.0. The van der Waals surface area contributed by atoms with E-state index in [1.165, 1.54) is 0 Å². The molecule has 2 heterocycles. The minimum atomic E-state index is -0.279. The van der Waals surface area contributed by atoms with E-state index in [1.54, 1.807) is 29.3 Å². The molecule has 7 heteroatoms. The molecule has 0 aliphatic carbocycles. The number of aromatic nitrogens is 1. The van der Waals surface area contributed by atoms with Gasteiger partial charge in [-0.3, -0.25) is 9.69 Å². The van der Waals surface area contributed by atoms with E-state index in [4.69, 9.17) is 11.7 Å². The molecular formula is C24H21N5O2. The molecule has 1 aliphatic heterocycles. The highest BCUT2D eigenvalue weighted by Gasteiger charge is 2.27. The quantitative estimate of drug-likeness (QED) is 0.301. The molecule has 0 spiro atoms. The summed E-state index contributed by atoms with van der Waals surface area (Å²) < 4.78 is 1.09. The maximum Gasteiger partial charge on any atom is 0.343 e. The summed E-state index contributed by atoms with van der Waals surface area (Å²) in [7, 11) is 0. The summed E-state index contributed by atoms with van der Waals surface area (Å²) in [5, 5.41) is 2.53. The average Bonchev–Trinajstić information content (AvgIpc) is 3.25. The molecular weight excluding hydrogens is 390 g/mol. The molecule has 5 rings (SSSR count). The van der Waals surface area contributed by atoms with Crippen LogP contribution < -0.4 is 27.2 Å². The number of nitrogens with two attached hydrogens (primary N) is 2. The molecule has 7 nitrogen and oxygen atoms in total. The Morgan fingerprint density at radius 3 is 2.35 bits per heavy atom. The van der Waals surface area contributed by atoms with Crippen molar-refractivity contribution in [2.45, 2.75) is 6.42 Å². The molecule has 2 amide bonds. The fraction of sp³-hybridized carbons (Fsp3) is 0.0833. The molecule has 31 heavy (non-hydrogen) atoms. The summed E-state index contributed by atoms with van der Waals surface area (Å²) in [6.07, 6.45) is 2.43. The van der Waals surface area contributed by atoms with Crippen LogP contribution in [0.4, 0.5) is 16.2 Å². The third-order valence-electron chi connectivity index (χ3n) is 5.73. The first-order chi connectivity index (χ1) is 15.0. The number of carbonyl (C=O) groups excluding carboxylic acids is 1. The van der Waals surface area contributed by atoms with Crippen molar-refractivity contribution in [2.24, 2.45) is 5.84 Å². The average molecular weight is 411 g/mol. The number of anilines is 2. The van der Waals surface area contributed by atoms with E-state index in [0.29, 0.717) is 17.6 Å². The summed E-state index contributed by atoms with van der Waals surface area (Å²) in [6, 6.07) is 22.2. The van der Waals surface area contributed by atoms with Crippen molar-refractivity contribution in [3.63, 3.8) is 0 Å². The van der Waals surface area contributed by atoms with Gasteiger partial charge < -0.3 is 5.84 Å². The van der Waals surface area contributed by atoms with Gasteiger partial charge >= 0.3 is 6.03 Å². The lowest BCUT2D eigenvalue weighted by atomic mass is 10.0. The van der Waals surface area contributed by atoms with Gasteiger partial charge in [0, 0.05) is 29.4 Å². The number of rotatable bonds is 2. The molecule has 0 saturated heterocycles. The van der Waals surface area contributed by atoms with E-state index in [9.17, 15) is 9.59 Å². The number of hydrazine groups is 1. The number of amides is 2. The molecule has 1 aliphatic rings. The zero-order chi connectivity index (χ0) is 21.5. The van der Waals surface area contributed by atoms with E-state index < -0.39 is 0 Å². The van der Waals surface area contributed by atoms with E-state index in [0.717, 1.165) is 43.9 Å². The van der Waals surface area contributed by atoms with Crippen molar-refractivity contribution in [1.82, 2.24) is 4.68 Å². The van der Waals surface area contributed by atoms with Gasteiger partial charge in [-0.25, -0.2) is 20.3 Å². The molecule has 0 unspecified atom stereocenters. The maximum absolute atomic E-state index is 13.0. The fourth-order valence-electron chi connectivity index (χ4n) is 4.12. The van der Waals surface area contributed by atoms with Crippen molar-refractivity contribution in [1.29, 1.82) is 0 Å². The lowest BCUT2D eigenvalue weighted by Crippen LogP contribution is -2.47. The summed E-state index contributed by atoms with van der Waals surface area (Å²) in [6.45, 7) is 0.605. The smallest absolute Gasteiger partial charge is 0.336 e. The van der Waals surface area contributed by atoms with Crippen LogP contribution >= 0.6 is 0 Å². The predicted molar refractivity (Wildman–Crippen MR) is 123 cm³/mol. The molecule has 154 valence electrons. The van der Waals surface area contributed by atoms with Crippen molar-refractivity contribution in [3.8, 4) is 11.1 Å². The normalized spacial score (nSPS) is 12.7. The number of hydrogen-bond donors (Lipinski definition) is 2. The molecule has 4 N–H and O–H groups in total. The minimum absolute atomic E-state index is 0.249. The molecule has 0 radical (unpaired) electrons. The number of nitrogens with zero attached hydrogens (tertiary/aromatic N) is 3. The number of benzene rings is 3. The summed E-state index contributed by atoms with van der Waals surface area (Å²) >= 11 is 0. The first kappa shape index (κ1) is 18.9. The second kappa shape index (κ2) is 7.30. The second-order valence-corrected chi connectivity index (χ2v) is 7.53. The van der Waals surface area contributed by atoms with Gasteiger partial charge in [0.1, 0.15) is 0 Å². The van der Waals surface area contributed by atoms with Crippen LogP contribution in [0.3, 0.4) is 0 Å². The first-order valence-electron chi connectivity index (χ1n) is 9.99. The Bertz CT molecular complexity index is 1360. The molecule has 0 bridgehead atoms. The van der Waals surface area contributed by atoms with Crippen molar-refractivity contribution >= 4 is 28.2 Å². The standard InChI is InChI=1S/C24H21N5O2/c25-28-15-21(19-6-2-3-7-20(19)23(28)30)16-9-11-18(12-10-16)29(26)24(31)27-14-13-17-5-1-4-8-22(17)27/h1-12,15H,13-14,25-26H2. The first-order valence-corrected chi connectivity index (χ1v) is 9.99. The number of para-hydroxylation sites is 1. The third-order valence-corrected chi connectivity index (χ3v) is 5.73.